The minimum absolute atomic E-state index is 0.00824. The molecule has 0 aromatic carbocycles. The number of pyridine rings is 1. The second-order valence-corrected chi connectivity index (χ2v) is 3.89. The number of halogens is 2. The van der Waals surface area contributed by atoms with Gasteiger partial charge >= 0.3 is 0 Å². The number of aromatic nitrogens is 1. The molecule has 1 saturated heterocycles. The third kappa shape index (κ3) is 2.50. The van der Waals surface area contributed by atoms with Crippen LogP contribution in [0.3, 0.4) is 0 Å². The molecule has 0 radical (unpaired) electrons. The number of ether oxygens (including phenoxy) is 1. The molecule has 4 N–H and O–H groups in total. The number of morpholine rings is 1. The third-order valence-electron chi connectivity index (χ3n) is 2.69. The molecule has 1 aliphatic heterocycles. The molecular weight excluding hydrogens is 246 g/mol. The van der Waals surface area contributed by atoms with E-state index in [1.54, 1.807) is 4.90 Å². The van der Waals surface area contributed by atoms with Crippen molar-refractivity contribution in [3.63, 3.8) is 0 Å². The van der Waals surface area contributed by atoms with Crippen LogP contribution in [0, 0.1) is 11.6 Å². The monoisotopic (exact) mass is 260 g/mol. The van der Waals surface area contributed by atoms with Crippen LogP contribution in [-0.2, 0) is 4.74 Å². The first kappa shape index (κ1) is 12.9. The Balaban J connectivity index is 2.26. The summed E-state index contributed by atoms with van der Waals surface area (Å²) >= 11 is 0. The number of aliphatic hydroxyl groups is 1. The Kier molecular flexibility index (Phi) is 3.90. The van der Waals surface area contributed by atoms with Crippen LogP contribution in [0.15, 0.2) is 6.07 Å². The van der Waals surface area contributed by atoms with Gasteiger partial charge in [0.05, 0.1) is 19.3 Å². The largest absolute Gasteiger partial charge is 0.394 e. The number of aliphatic hydroxyl groups excluding tert-OH is 1. The van der Waals surface area contributed by atoms with E-state index in [1.807, 2.05) is 0 Å². The van der Waals surface area contributed by atoms with Crippen molar-refractivity contribution >= 4 is 11.6 Å². The van der Waals surface area contributed by atoms with Gasteiger partial charge in [-0.15, -0.1) is 0 Å². The van der Waals surface area contributed by atoms with Crippen LogP contribution < -0.4 is 16.2 Å². The van der Waals surface area contributed by atoms with E-state index in [4.69, 9.17) is 15.7 Å². The maximum Gasteiger partial charge on any atom is 0.178 e. The van der Waals surface area contributed by atoms with Crippen LogP contribution in [0.4, 0.5) is 20.4 Å². The first-order chi connectivity index (χ1) is 8.65. The summed E-state index contributed by atoms with van der Waals surface area (Å²) < 4.78 is 32.1. The molecule has 0 aliphatic carbocycles. The first-order valence-electron chi connectivity index (χ1n) is 5.45. The van der Waals surface area contributed by atoms with Gasteiger partial charge in [0.25, 0.3) is 0 Å². The summed E-state index contributed by atoms with van der Waals surface area (Å²) in [6, 6.07) is 0.723. The highest BCUT2D eigenvalue weighted by Crippen LogP contribution is 2.23. The van der Waals surface area contributed by atoms with Gasteiger partial charge in [0.15, 0.2) is 23.3 Å². The van der Waals surface area contributed by atoms with Gasteiger partial charge in [-0.1, -0.05) is 0 Å². The molecule has 1 aliphatic rings. The average molecular weight is 260 g/mol. The van der Waals surface area contributed by atoms with E-state index >= 15 is 0 Å². The average Bonchev–Trinajstić information content (AvgIpc) is 2.39. The van der Waals surface area contributed by atoms with Crippen molar-refractivity contribution in [3.05, 3.63) is 17.7 Å². The lowest BCUT2D eigenvalue weighted by molar-refractivity contribution is 0.00319. The summed E-state index contributed by atoms with van der Waals surface area (Å²) in [4.78, 5) is 5.37. The summed E-state index contributed by atoms with van der Waals surface area (Å²) in [6.45, 7) is 0.878. The molecule has 18 heavy (non-hydrogen) atoms. The Morgan fingerprint density at radius 3 is 3.00 bits per heavy atom. The molecular formula is C10H14F2N4O2. The molecule has 0 saturated carbocycles. The highest BCUT2D eigenvalue weighted by atomic mass is 19.1. The van der Waals surface area contributed by atoms with Crippen molar-refractivity contribution in [2.45, 2.75) is 6.10 Å². The van der Waals surface area contributed by atoms with Crippen LogP contribution in [0.2, 0.25) is 0 Å². The second kappa shape index (κ2) is 5.42. The van der Waals surface area contributed by atoms with Crippen LogP contribution in [0.1, 0.15) is 0 Å². The van der Waals surface area contributed by atoms with Crippen molar-refractivity contribution in [2.24, 2.45) is 5.84 Å². The highest BCUT2D eigenvalue weighted by molar-refractivity contribution is 5.49. The molecule has 2 rings (SSSR count). The molecule has 100 valence electrons. The number of hydrogen-bond donors (Lipinski definition) is 3. The van der Waals surface area contributed by atoms with E-state index in [0.717, 1.165) is 6.07 Å². The Bertz CT molecular complexity index is 433. The molecule has 1 atom stereocenters. The van der Waals surface area contributed by atoms with Crippen LogP contribution in [-0.4, -0.2) is 42.5 Å². The summed E-state index contributed by atoms with van der Waals surface area (Å²) in [6.07, 6.45) is -0.403. The lowest BCUT2D eigenvalue weighted by Gasteiger charge is -2.33. The Morgan fingerprint density at radius 1 is 1.56 bits per heavy atom. The van der Waals surface area contributed by atoms with E-state index < -0.39 is 17.7 Å². The van der Waals surface area contributed by atoms with Crippen molar-refractivity contribution in [3.8, 4) is 0 Å². The number of hydrogen-bond acceptors (Lipinski definition) is 6. The van der Waals surface area contributed by atoms with E-state index in [1.165, 1.54) is 0 Å². The molecule has 6 nitrogen and oxygen atoms in total. The van der Waals surface area contributed by atoms with Crippen molar-refractivity contribution in [1.82, 2.24) is 4.98 Å². The van der Waals surface area contributed by atoms with Crippen LogP contribution in [0.5, 0.6) is 0 Å². The van der Waals surface area contributed by atoms with E-state index in [2.05, 4.69) is 10.4 Å². The van der Waals surface area contributed by atoms with Gasteiger partial charge < -0.3 is 20.2 Å². The Hall–Kier alpha value is -1.51. The van der Waals surface area contributed by atoms with Gasteiger partial charge in [-0.3, -0.25) is 0 Å². The molecule has 1 aromatic rings. The third-order valence-corrected chi connectivity index (χ3v) is 2.69. The van der Waals surface area contributed by atoms with Gasteiger partial charge in [-0.2, -0.15) is 0 Å². The molecule has 0 amide bonds. The molecule has 0 spiro atoms. The molecule has 2 heterocycles. The molecule has 1 unspecified atom stereocenters. The number of rotatable bonds is 3. The topological polar surface area (TPSA) is 83.6 Å². The quantitative estimate of drug-likeness (QED) is 0.517. The number of nitrogen functional groups attached to an aromatic ring is 1. The minimum atomic E-state index is -0.856. The fourth-order valence-corrected chi connectivity index (χ4v) is 1.80. The zero-order valence-corrected chi connectivity index (χ0v) is 9.57. The number of hydrazine groups is 1. The highest BCUT2D eigenvalue weighted by Gasteiger charge is 2.24. The maximum atomic E-state index is 13.7. The smallest absolute Gasteiger partial charge is 0.178 e. The van der Waals surface area contributed by atoms with Gasteiger partial charge in [-0.25, -0.2) is 19.6 Å². The predicted molar refractivity (Wildman–Crippen MR) is 61.0 cm³/mol. The SMILES string of the molecule is NNc1nc(N2CCOC(CO)C2)c(F)cc1F. The lowest BCUT2D eigenvalue weighted by atomic mass is 10.2. The van der Waals surface area contributed by atoms with E-state index in [-0.39, 0.29) is 24.8 Å². The second-order valence-electron chi connectivity index (χ2n) is 3.89. The minimum Gasteiger partial charge on any atom is -0.394 e. The lowest BCUT2D eigenvalue weighted by Crippen LogP contribution is -2.45. The van der Waals surface area contributed by atoms with Crippen molar-refractivity contribution < 1.29 is 18.6 Å². The van der Waals surface area contributed by atoms with E-state index in [9.17, 15) is 8.78 Å². The normalized spacial score (nSPS) is 20.0. The van der Waals surface area contributed by atoms with Gasteiger partial charge in [0, 0.05) is 19.2 Å². The summed E-state index contributed by atoms with van der Waals surface area (Å²) in [5.74, 6) is 3.23. The van der Waals surface area contributed by atoms with Gasteiger partial charge in [0.1, 0.15) is 0 Å². The van der Waals surface area contributed by atoms with Crippen LogP contribution >= 0.6 is 0 Å². The standard InChI is InChI=1S/C10H14F2N4O2/c11-7-3-8(12)10(14-9(7)15-13)16-1-2-18-6(4-16)5-17/h3,6,17H,1-2,4-5,13H2,(H,14,15). The number of anilines is 2. The van der Waals surface area contributed by atoms with Gasteiger partial charge in [-0.05, 0) is 0 Å². The summed E-state index contributed by atoms with van der Waals surface area (Å²) in [5, 5.41) is 9.01. The fourth-order valence-electron chi connectivity index (χ4n) is 1.80. The molecule has 0 bridgehead atoms. The maximum absolute atomic E-state index is 13.7. The number of nitrogens with two attached hydrogens (primary N) is 1. The molecule has 8 heteroatoms. The zero-order valence-electron chi connectivity index (χ0n) is 9.57. The predicted octanol–water partition coefficient (Wildman–Crippen LogP) is -0.157. The zero-order chi connectivity index (χ0) is 13.1. The fraction of sp³-hybridized carbons (Fsp3) is 0.500. The Labute approximate surface area is 102 Å². The number of nitrogens with zero attached hydrogens (tertiary/aromatic N) is 2. The van der Waals surface area contributed by atoms with Crippen molar-refractivity contribution in [1.29, 1.82) is 0 Å². The Morgan fingerprint density at radius 2 is 2.33 bits per heavy atom. The summed E-state index contributed by atoms with van der Waals surface area (Å²) in [7, 11) is 0. The van der Waals surface area contributed by atoms with Crippen molar-refractivity contribution in [2.75, 3.05) is 36.6 Å². The van der Waals surface area contributed by atoms with E-state index in [0.29, 0.717) is 13.2 Å². The first-order valence-corrected chi connectivity index (χ1v) is 5.45. The van der Waals surface area contributed by atoms with Gasteiger partial charge in [0.2, 0.25) is 0 Å². The number of nitrogens with one attached hydrogen (secondary N) is 1. The molecule has 1 aromatic heterocycles. The summed E-state index contributed by atoms with van der Waals surface area (Å²) in [5.41, 5.74) is 2.07. The van der Waals surface area contributed by atoms with Crippen LogP contribution in [0.25, 0.3) is 0 Å². The molecule has 1 fully saturated rings.